The van der Waals surface area contributed by atoms with E-state index in [2.05, 4.69) is 176 Å². The van der Waals surface area contributed by atoms with Gasteiger partial charge in [-0.3, -0.25) is 9.97 Å². The van der Waals surface area contributed by atoms with Gasteiger partial charge in [0.05, 0.1) is 28.1 Å². The largest absolute Gasteiger partial charge is 0.454 e. The maximum Gasteiger partial charge on any atom is 0.153 e. The van der Waals surface area contributed by atoms with Crippen molar-refractivity contribution in [1.82, 2.24) is 14.5 Å². The van der Waals surface area contributed by atoms with Gasteiger partial charge in [-0.05, 0) is 118 Å². The van der Waals surface area contributed by atoms with E-state index < -0.39 is 0 Å². The molecule has 0 radical (unpaired) electrons. The number of hydrogen-bond acceptors (Lipinski definition) is 4. The van der Waals surface area contributed by atoms with E-state index in [0.717, 1.165) is 39.1 Å². The summed E-state index contributed by atoms with van der Waals surface area (Å²) in [6, 6.07) is 53.2. The van der Waals surface area contributed by atoms with Gasteiger partial charge >= 0.3 is 0 Å². The number of hydrogen-bond donors (Lipinski definition) is 0. The van der Waals surface area contributed by atoms with Crippen LogP contribution < -0.4 is 4.90 Å². The standard InChI is InChI=1S/C52H38N4O/c1-51(2)39-21-19-33(29-37(39)49-41(51)13-9-25-53-49)55-43-14-7-5-11-35(43)36-27-31(17-22-44(36)55)32-18-23-46-42(28-32)52(3,4)40-12-6-8-15-45(40)56(46)34-20-24-47-38(30-34)50-48(57-47)16-10-26-54-50/h5-30H,1-4H3. The molecule has 1 aliphatic carbocycles. The average molecular weight is 735 g/mol. The highest BCUT2D eigenvalue weighted by Crippen LogP contribution is 2.53. The Kier molecular flexibility index (Phi) is 6.40. The van der Waals surface area contributed by atoms with Crippen molar-refractivity contribution < 1.29 is 4.42 Å². The minimum atomic E-state index is -0.234. The quantitative estimate of drug-likeness (QED) is 0.181. The Morgan fingerprint density at radius 2 is 1.19 bits per heavy atom. The van der Waals surface area contributed by atoms with E-state index in [1.54, 1.807) is 0 Å². The van der Waals surface area contributed by atoms with Gasteiger partial charge in [-0.15, -0.1) is 0 Å². The Morgan fingerprint density at radius 1 is 0.474 bits per heavy atom. The number of furan rings is 1. The summed E-state index contributed by atoms with van der Waals surface area (Å²) in [6.45, 7) is 9.31. The summed E-state index contributed by atoms with van der Waals surface area (Å²) in [4.78, 5) is 12.0. The van der Waals surface area contributed by atoms with Gasteiger partial charge in [0.1, 0.15) is 11.1 Å². The summed E-state index contributed by atoms with van der Waals surface area (Å²) in [6.07, 6.45) is 3.75. The molecule has 2 aliphatic rings. The van der Waals surface area contributed by atoms with Crippen molar-refractivity contribution in [3.8, 4) is 28.1 Å². The number of pyridine rings is 2. The fourth-order valence-corrected chi connectivity index (χ4v) is 10.00. The molecule has 1 aliphatic heterocycles. The van der Waals surface area contributed by atoms with E-state index in [0.29, 0.717) is 0 Å². The van der Waals surface area contributed by atoms with Gasteiger partial charge < -0.3 is 13.9 Å². The number of rotatable bonds is 3. The monoisotopic (exact) mass is 734 g/mol. The third kappa shape index (κ3) is 4.40. The molecule has 0 N–H and O–H groups in total. The van der Waals surface area contributed by atoms with E-state index in [1.807, 2.05) is 24.5 Å². The maximum atomic E-state index is 6.17. The van der Waals surface area contributed by atoms with Crippen LogP contribution in [0.4, 0.5) is 17.1 Å². The lowest BCUT2D eigenvalue weighted by Crippen LogP contribution is -2.30. The zero-order valence-corrected chi connectivity index (χ0v) is 32.2. The average Bonchev–Trinajstić information content (AvgIpc) is 3.86. The van der Waals surface area contributed by atoms with Crippen LogP contribution in [0.1, 0.15) is 49.9 Å². The Labute approximate surface area is 330 Å². The minimum Gasteiger partial charge on any atom is -0.454 e. The first-order chi connectivity index (χ1) is 27.8. The van der Waals surface area contributed by atoms with Gasteiger partial charge in [0.2, 0.25) is 0 Å². The molecule has 5 nitrogen and oxygen atoms in total. The molecule has 0 saturated heterocycles. The van der Waals surface area contributed by atoms with Gasteiger partial charge in [-0.2, -0.15) is 0 Å². The molecule has 5 heterocycles. The third-order valence-corrected chi connectivity index (χ3v) is 12.9. The first-order valence-electron chi connectivity index (χ1n) is 19.7. The van der Waals surface area contributed by atoms with Gasteiger partial charge in [-0.1, -0.05) is 88.4 Å². The molecule has 0 unspecified atom stereocenters. The maximum absolute atomic E-state index is 6.17. The number of fused-ring (bicyclic) bond motifs is 11. The molecule has 0 spiro atoms. The van der Waals surface area contributed by atoms with E-state index in [9.17, 15) is 0 Å². The second-order valence-electron chi connectivity index (χ2n) is 16.7. The lowest BCUT2D eigenvalue weighted by molar-refractivity contribution is 0.632. The number of para-hydroxylation sites is 2. The van der Waals surface area contributed by atoms with Crippen LogP contribution in [0.5, 0.6) is 0 Å². The zero-order valence-electron chi connectivity index (χ0n) is 32.2. The smallest absolute Gasteiger partial charge is 0.153 e. The van der Waals surface area contributed by atoms with Crippen molar-refractivity contribution in [3.63, 3.8) is 0 Å². The summed E-state index contributed by atoms with van der Waals surface area (Å²) in [5.41, 5.74) is 19.1. The highest BCUT2D eigenvalue weighted by molar-refractivity contribution is 6.11. The molecular formula is C52H38N4O. The Hall–Kier alpha value is -6.98. The summed E-state index contributed by atoms with van der Waals surface area (Å²) < 4.78 is 8.59. The Morgan fingerprint density at radius 3 is 2.12 bits per heavy atom. The van der Waals surface area contributed by atoms with Crippen molar-refractivity contribution in [1.29, 1.82) is 0 Å². The first-order valence-corrected chi connectivity index (χ1v) is 19.7. The second kappa shape index (κ2) is 11.3. The molecule has 0 saturated carbocycles. The fourth-order valence-electron chi connectivity index (χ4n) is 10.00. The lowest BCUT2D eigenvalue weighted by atomic mass is 9.73. The van der Waals surface area contributed by atoms with E-state index >= 15 is 0 Å². The minimum absolute atomic E-state index is 0.0878. The number of benzene rings is 6. The summed E-state index contributed by atoms with van der Waals surface area (Å²) in [7, 11) is 0. The first kappa shape index (κ1) is 32.3. The van der Waals surface area contributed by atoms with Crippen LogP contribution in [-0.4, -0.2) is 14.5 Å². The molecular weight excluding hydrogens is 697 g/mol. The molecule has 12 rings (SSSR count). The van der Waals surface area contributed by atoms with Crippen molar-refractivity contribution in [2.24, 2.45) is 0 Å². The molecule has 4 aromatic heterocycles. The van der Waals surface area contributed by atoms with E-state index in [-0.39, 0.29) is 10.8 Å². The lowest BCUT2D eigenvalue weighted by Gasteiger charge is -2.42. The molecule has 6 aromatic carbocycles. The Balaban J connectivity index is 1.01. The number of anilines is 3. The molecule has 0 fully saturated rings. The van der Waals surface area contributed by atoms with Gasteiger partial charge in [-0.25, -0.2) is 0 Å². The third-order valence-electron chi connectivity index (χ3n) is 12.9. The molecule has 57 heavy (non-hydrogen) atoms. The summed E-state index contributed by atoms with van der Waals surface area (Å²) in [5, 5.41) is 3.49. The molecule has 0 amide bonds. The van der Waals surface area contributed by atoms with Crippen molar-refractivity contribution in [2.75, 3.05) is 4.90 Å². The van der Waals surface area contributed by atoms with E-state index in [1.165, 1.54) is 72.1 Å². The highest BCUT2D eigenvalue weighted by atomic mass is 16.3. The van der Waals surface area contributed by atoms with Gasteiger partial charge in [0, 0.05) is 56.3 Å². The molecule has 10 aromatic rings. The number of nitrogens with zero attached hydrogens (tertiary/aromatic N) is 4. The van der Waals surface area contributed by atoms with Crippen LogP contribution >= 0.6 is 0 Å². The zero-order chi connectivity index (χ0) is 38.2. The van der Waals surface area contributed by atoms with Crippen molar-refractivity contribution in [2.45, 2.75) is 38.5 Å². The number of aromatic nitrogens is 3. The predicted octanol–water partition coefficient (Wildman–Crippen LogP) is 13.6. The normalized spacial score (nSPS) is 14.9. The van der Waals surface area contributed by atoms with Gasteiger partial charge in [0.15, 0.2) is 5.58 Å². The second-order valence-corrected chi connectivity index (χ2v) is 16.7. The van der Waals surface area contributed by atoms with Crippen LogP contribution in [0.15, 0.2) is 162 Å². The fraction of sp³-hybridized carbons (Fsp3) is 0.115. The van der Waals surface area contributed by atoms with Crippen LogP contribution in [-0.2, 0) is 10.8 Å². The molecule has 272 valence electrons. The predicted molar refractivity (Wildman–Crippen MR) is 233 cm³/mol. The SMILES string of the molecule is CC1(C)c2ccccc2N(c2ccc3oc4cccnc4c3c2)c2ccc(-c3ccc4c(c3)c3ccccc3n4-c3ccc4c(c3)-c3ncccc3C4(C)C)cc21. The van der Waals surface area contributed by atoms with Crippen LogP contribution in [0.2, 0.25) is 0 Å². The Bertz CT molecular complexity index is 3330. The van der Waals surface area contributed by atoms with Crippen LogP contribution in [0.25, 0.3) is 71.9 Å². The van der Waals surface area contributed by atoms with Crippen molar-refractivity contribution >= 4 is 60.9 Å². The van der Waals surface area contributed by atoms with Crippen LogP contribution in [0.3, 0.4) is 0 Å². The van der Waals surface area contributed by atoms with E-state index in [4.69, 9.17) is 9.40 Å². The molecule has 0 bridgehead atoms. The van der Waals surface area contributed by atoms with Gasteiger partial charge in [0.25, 0.3) is 0 Å². The summed E-state index contributed by atoms with van der Waals surface area (Å²) >= 11 is 0. The topological polar surface area (TPSA) is 47.1 Å². The summed E-state index contributed by atoms with van der Waals surface area (Å²) in [5.74, 6) is 0. The van der Waals surface area contributed by atoms with Crippen LogP contribution in [0, 0.1) is 0 Å². The van der Waals surface area contributed by atoms with Crippen molar-refractivity contribution in [3.05, 3.63) is 180 Å². The highest BCUT2D eigenvalue weighted by Gasteiger charge is 2.38. The molecule has 0 atom stereocenters. The molecule has 5 heteroatoms.